The molecule has 0 aromatic carbocycles. The third-order valence-corrected chi connectivity index (χ3v) is 3.56. The summed E-state index contributed by atoms with van der Waals surface area (Å²) in [5.74, 6) is 1.36. The summed E-state index contributed by atoms with van der Waals surface area (Å²) >= 11 is 0. The monoisotopic (exact) mass is 262 g/mol. The lowest BCUT2D eigenvalue weighted by Crippen LogP contribution is -2.26. The SMILES string of the molecule is CCNc1cnc(C(=O)NCCC2CCCC2)cn1. The molecule has 1 fully saturated rings. The van der Waals surface area contributed by atoms with Crippen LogP contribution in [-0.2, 0) is 0 Å². The van der Waals surface area contributed by atoms with E-state index in [4.69, 9.17) is 0 Å². The van der Waals surface area contributed by atoms with Gasteiger partial charge in [0, 0.05) is 13.1 Å². The molecule has 1 aromatic rings. The van der Waals surface area contributed by atoms with Crippen LogP contribution in [-0.4, -0.2) is 29.0 Å². The quantitative estimate of drug-likeness (QED) is 0.825. The van der Waals surface area contributed by atoms with E-state index in [1.165, 1.54) is 31.9 Å². The topological polar surface area (TPSA) is 66.9 Å². The van der Waals surface area contributed by atoms with Crippen LogP contribution in [0.15, 0.2) is 12.4 Å². The van der Waals surface area contributed by atoms with Crippen molar-refractivity contribution >= 4 is 11.7 Å². The van der Waals surface area contributed by atoms with Crippen molar-refractivity contribution in [3.8, 4) is 0 Å². The van der Waals surface area contributed by atoms with E-state index in [0.717, 1.165) is 25.4 Å². The molecule has 1 aliphatic rings. The lowest BCUT2D eigenvalue weighted by Gasteiger charge is -2.09. The van der Waals surface area contributed by atoms with Crippen molar-refractivity contribution in [2.24, 2.45) is 5.92 Å². The molecule has 1 saturated carbocycles. The summed E-state index contributed by atoms with van der Waals surface area (Å²) in [4.78, 5) is 20.1. The average Bonchev–Trinajstić information content (AvgIpc) is 2.93. The van der Waals surface area contributed by atoms with E-state index in [-0.39, 0.29) is 5.91 Å². The molecule has 1 aromatic heterocycles. The number of nitrogens with one attached hydrogen (secondary N) is 2. The molecule has 2 rings (SSSR count). The molecule has 19 heavy (non-hydrogen) atoms. The molecule has 2 N–H and O–H groups in total. The number of carbonyl (C=O) groups excluding carboxylic acids is 1. The first-order valence-corrected chi connectivity index (χ1v) is 7.13. The van der Waals surface area contributed by atoms with Crippen molar-refractivity contribution in [1.82, 2.24) is 15.3 Å². The van der Waals surface area contributed by atoms with Crippen molar-refractivity contribution in [2.45, 2.75) is 39.0 Å². The fourth-order valence-corrected chi connectivity index (χ4v) is 2.50. The van der Waals surface area contributed by atoms with Crippen molar-refractivity contribution < 1.29 is 4.79 Å². The zero-order valence-corrected chi connectivity index (χ0v) is 11.5. The van der Waals surface area contributed by atoms with Crippen molar-refractivity contribution in [2.75, 3.05) is 18.4 Å². The van der Waals surface area contributed by atoms with Crippen LogP contribution in [0.5, 0.6) is 0 Å². The van der Waals surface area contributed by atoms with Gasteiger partial charge in [0.25, 0.3) is 5.91 Å². The van der Waals surface area contributed by atoms with Crippen LogP contribution < -0.4 is 10.6 Å². The fourth-order valence-electron chi connectivity index (χ4n) is 2.50. The van der Waals surface area contributed by atoms with Crippen LogP contribution in [0.1, 0.15) is 49.5 Å². The predicted octanol–water partition coefficient (Wildman–Crippen LogP) is 2.22. The number of nitrogens with zero attached hydrogens (tertiary/aromatic N) is 2. The molecule has 0 spiro atoms. The molecule has 1 heterocycles. The number of carbonyl (C=O) groups is 1. The molecule has 1 aliphatic carbocycles. The first-order chi connectivity index (χ1) is 9.29. The maximum absolute atomic E-state index is 11.9. The highest BCUT2D eigenvalue weighted by molar-refractivity contribution is 5.91. The Hall–Kier alpha value is -1.65. The molecule has 0 atom stereocenters. The van der Waals surface area contributed by atoms with Crippen LogP contribution in [0.3, 0.4) is 0 Å². The van der Waals surface area contributed by atoms with Gasteiger partial charge < -0.3 is 10.6 Å². The average molecular weight is 262 g/mol. The highest BCUT2D eigenvalue weighted by Gasteiger charge is 2.15. The van der Waals surface area contributed by atoms with Gasteiger partial charge in [-0.2, -0.15) is 0 Å². The van der Waals surface area contributed by atoms with E-state index < -0.39 is 0 Å². The van der Waals surface area contributed by atoms with E-state index in [9.17, 15) is 4.79 Å². The van der Waals surface area contributed by atoms with Gasteiger partial charge in [-0.3, -0.25) is 4.79 Å². The van der Waals surface area contributed by atoms with Crippen LogP contribution in [0.2, 0.25) is 0 Å². The summed E-state index contributed by atoms with van der Waals surface area (Å²) in [5.41, 5.74) is 0.382. The Morgan fingerprint density at radius 2 is 2.11 bits per heavy atom. The molecule has 0 unspecified atom stereocenters. The minimum atomic E-state index is -0.131. The Labute approximate surface area is 114 Å². The second-order valence-electron chi connectivity index (χ2n) is 5.01. The van der Waals surface area contributed by atoms with Crippen LogP contribution >= 0.6 is 0 Å². The summed E-state index contributed by atoms with van der Waals surface area (Å²) in [6.45, 7) is 3.52. The van der Waals surface area contributed by atoms with Crippen LogP contribution in [0.25, 0.3) is 0 Å². The van der Waals surface area contributed by atoms with Gasteiger partial charge in [0.05, 0.1) is 12.4 Å². The van der Waals surface area contributed by atoms with Crippen molar-refractivity contribution in [1.29, 1.82) is 0 Å². The lowest BCUT2D eigenvalue weighted by molar-refractivity contribution is 0.0946. The van der Waals surface area contributed by atoms with Gasteiger partial charge in [-0.25, -0.2) is 9.97 Å². The van der Waals surface area contributed by atoms with E-state index in [2.05, 4.69) is 20.6 Å². The van der Waals surface area contributed by atoms with Gasteiger partial charge in [0.15, 0.2) is 0 Å². The number of amides is 1. The largest absolute Gasteiger partial charge is 0.369 e. The van der Waals surface area contributed by atoms with Crippen LogP contribution in [0, 0.1) is 5.92 Å². The third kappa shape index (κ3) is 4.19. The van der Waals surface area contributed by atoms with Crippen LogP contribution in [0.4, 0.5) is 5.82 Å². The molecule has 0 bridgehead atoms. The summed E-state index contributed by atoms with van der Waals surface area (Å²) < 4.78 is 0. The Morgan fingerprint density at radius 3 is 2.74 bits per heavy atom. The second-order valence-corrected chi connectivity index (χ2v) is 5.01. The molecular formula is C14H22N4O. The smallest absolute Gasteiger partial charge is 0.271 e. The minimum Gasteiger partial charge on any atom is -0.369 e. The summed E-state index contributed by atoms with van der Waals surface area (Å²) in [6.07, 6.45) is 9.50. The van der Waals surface area contributed by atoms with E-state index in [1.807, 2.05) is 6.92 Å². The highest BCUT2D eigenvalue weighted by atomic mass is 16.1. The van der Waals surface area contributed by atoms with Crippen molar-refractivity contribution in [3.63, 3.8) is 0 Å². The fraction of sp³-hybridized carbons (Fsp3) is 0.643. The molecule has 5 heteroatoms. The van der Waals surface area contributed by atoms with Gasteiger partial charge in [-0.05, 0) is 19.3 Å². The normalized spacial score (nSPS) is 15.4. The lowest BCUT2D eigenvalue weighted by atomic mass is 10.0. The summed E-state index contributed by atoms with van der Waals surface area (Å²) in [7, 11) is 0. The number of rotatable bonds is 6. The molecule has 1 amide bonds. The molecule has 0 aliphatic heterocycles. The standard InChI is InChI=1S/C14H22N4O/c1-2-15-13-10-17-12(9-18-13)14(19)16-8-7-11-5-3-4-6-11/h9-11H,2-8H2,1H3,(H,15,18)(H,16,19). The molecular weight excluding hydrogens is 240 g/mol. The van der Waals surface area contributed by atoms with Gasteiger partial charge in [0.1, 0.15) is 11.5 Å². The Bertz CT molecular complexity index is 398. The Kier molecular flexibility index (Phi) is 5.12. The summed E-state index contributed by atoms with van der Waals surface area (Å²) in [6, 6.07) is 0. The minimum absolute atomic E-state index is 0.131. The first-order valence-electron chi connectivity index (χ1n) is 7.13. The second kappa shape index (κ2) is 7.07. The van der Waals surface area contributed by atoms with E-state index >= 15 is 0 Å². The zero-order valence-electron chi connectivity index (χ0n) is 11.5. The van der Waals surface area contributed by atoms with Crippen molar-refractivity contribution in [3.05, 3.63) is 18.1 Å². The maximum Gasteiger partial charge on any atom is 0.271 e. The summed E-state index contributed by atoms with van der Waals surface area (Å²) in [5, 5.41) is 5.96. The third-order valence-electron chi connectivity index (χ3n) is 3.56. The molecule has 0 saturated heterocycles. The highest BCUT2D eigenvalue weighted by Crippen LogP contribution is 2.26. The van der Waals surface area contributed by atoms with Gasteiger partial charge in [0.2, 0.25) is 0 Å². The number of hydrogen-bond acceptors (Lipinski definition) is 4. The van der Waals surface area contributed by atoms with E-state index in [1.54, 1.807) is 6.20 Å². The predicted molar refractivity (Wildman–Crippen MR) is 75.1 cm³/mol. The molecule has 5 nitrogen and oxygen atoms in total. The Morgan fingerprint density at radius 1 is 1.32 bits per heavy atom. The van der Waals surface area contributed by atoms with Gasteiger partial charge >= 0.3 is 0 Å². The number of anilines is 1. The van der Waals surface area contributed by atoms with Gasteiger partial charge in [-0.1, -0.05) is 25.7 Å². The van der Waals surface area contributed by atoms with E-state index in [0.29, 0.717) is 11.5 Å². The number of hydrogen-bond donors (Lipinski definition) is 2. The Balaban J connectivity index is 1.75. The number of aromatic nitrogens is 2. The van der Waals surface area contributed by atoms with Gasteiger partial charge in [-0.15, -0.1) is 0 Å². The molecule has 0 radical (unpaired) electrons. The zero-order chi connectivity index (χ0) is 13.5. The first kappa shape index (κ1) is 13.8. The molecule has 104 valence electrons. The maximum atomic E-state index is 11.9.